The van der Waals surface area contributed by atoms with Crippen molar-refractivity contribution in [2.45, 2.75) is 84.1 Å². The molecule has 7 nitrogen and oxygen atoms in total. The van der Waals surface area contributed by atoms with E-state index in [4.69, 9.17) is 11.5 Å². The number of amides is 1. The molecule has 7 heteroatoms. The van der Waals surface area contributed by atoms with Gasteiger partial charge in [-0.15, -0.1) is 0 Å². The SMILES string of the molecule is CC(C)CCCNCCCC[C@H](N)C(=O)NCCCCNCCCC=NCCCN. The number of hydrogen-bond donors (Lipinski definition) is 5. The zero-order valence-electron chi connectivity index (χ0n) is 19.8. The predicted molar refractivity (Wildman–Crippen MR) is 130 cm³/mol. The molecule has 0 bridgehead atoms. The van der Waals surface area contributed by atoms with Crippen LogP contribution < -0.4 is 27.4 Å². The van der Waals surface area contributed by atoms with Gasteiger partial charge in [-0.25, -0.2) is 0 Å². The van der Waals surface area contributed by atoms with E-state index in [0.29, 0.717) is 13.1 Å². The first-order chi connectivity index (χ1) is 14.6. The lowest BCUT2D eigenvalue weighted by Crippen LogP contribution is -2.41. The predicted octanol–water partition coefficient (Wildman–Crippen LogP) is 2.20. The lowest BCUT2D eigenvalue weighted by atomic mass is 10.1. The molecule has 7 N–H and O–H groups in total. The molecule has 1 amide bonds. The zero-order valence-corrected chi connectivity index (χ0v) is 19.8. The Labute approximate surface area is 185 Å². The highest BCUT2D eigenvalue weighted by Gasteiger charge is 2.11. The summed E-state index contributed by atoms with van der Waals surface area (Å²) in [5, 5.41) is 9.86. The standard InChI is InChI=1S/C23H50N6O/c1-21(2)11-9-18-27-14-4-3-12-22(25)23(30)29-20-8-7-17-26-15-5-6-16-28-19-10-13-24/h16,21-22,26-27H,3-15,17-20,24-25H2,1-2H3,(H,29,30)/t22-/m0/s1. The second-order valence-corrected chi connectivity index (χ2v) is 8.51. The molecule has 178 valence electrons. The summed E-state index contributed by atoms with van der Waals surface area (Å²) in [7, 11) is 0. The molecule has 0 saturated carbocycles. The molecule has 30 heavy (non-hydrogen) atoms. The molecule has 0 fully saturated rings. The van der Waals surface area contributed by atoms with Gasteiger partial charge in [0.05, 0.1) is 6.04 Å². The monoisotopic (exact) mass is 426 g/mol. The molecular weight excluding hydrogens is 376 g/mol. The van der Waals surface area contributed by atoms with E-state index < -0.39 is 0 Å². The number of nitrogens with two attached hydrogens (primary N) is 2. The average Bonchev–Trinajstić information content (AvgIpc) is 2.72. The first-order valence-corrected chi connectivity index (χ1v) is 12.2. The number of rotatable bonds is 22. The van der Waals surface area contributed by atoms with Crippen LogP contribution in [0.5, 0.6) is 0 Å². The molecule has 0 aromatic heterocycles. The minimum absolute atomic E-state index is 0.0122. The van der Waals surface area contributed by atoms with E-state index in [1.807, 2.05) is 6.21 Å². The Kier molecular flexibility index (Phi) is 21.9. The number of hydrogen-bond acceptors (Lipinski definition) is 6. The third kappa shape index (κ3) is 21.7. The average molecular weight is 427 g/mol. The summed E-state index contributed by atoms with van der Waals surface area (Å²) in [6.07, 6.45) is 12.5. The van der Waals surface area contributed by atoms with Crippen molar-refractivity contribution < 1.29 is 4.79 Å². The van der Waals surface area contributed by atoms with E-state index in [1.54, 1.807) is 0 Å². The molecule has 0 aliphatic carbocycles. The molecule has 1 atom stereocenters. The van der Waals surface area contributed by atoms with Crippen LogP contribution >= 0.6 is 0 Å². The number of carbonyl (C=O) groups excluding carboxylic acids is 1. The summed E-state index contributed by atoms with van der Waals surface area (Å²) in [4.78, 5) is 16.3. The van der Waals surface area contributed by atoms with Crippen molar-refractivity contribution in [3.63, 3.8) is 0 Å². The van der Waals surface area contributed by atoms with Gasteiger partial charge in [0.15, 0.2) is 0 Å². The Hall–Kier alpha value is -1.02. The molecule has 0 spiro atoms. The maximum Gasteiger partial charge on any atom is 0.236 e. The first-order valence-electron chi connectivity index (χ1n) is 12.2. The van der Waals surface area contributed by atoms with Crippen LogP contribution in [-0.4, -0.2) is 64.0 Å². The maximum absolute atomic E-state index is 12.0. The highest BCUT2D eigenvalue weighted by Crippen LogP contribution is 2.02. The van der Waals surface area contributed by atoms with Crippen molar-refractivity contribution in [1.29, 1.82) is 0 Å². The fraction of sp³-hybridized carbons (Fsp3) is 0.913. The molecule has 0 aliphatic rings. The van der Waals surface area contributed by atoms with Crippen LogP contribution in [0.3, 0.4) is 0 Å². The summed E-state index contributed by atoms with van der Waals surface area (Å²) in [5.41, 5.74) is 11.4. The Morgan fingerprint density at radius 2 is 1.50 bits per heavy atom. The highest BCUT2D eigenvalue weighted by atomic mass is 16.2. The van der Waals surface area contributed by atoms with E-state index in [-0.39, 0.29) is 11.9 Å². The molecule has 0 radical (unpaired) electrons. The lowest BCUT2D eigenvalue weighted by molar-refractivity contribution is -0.122. The molecule has 0 aromatic carbocycles. The van der Waals surface area contributed by atoms with E-state index in [2.05, 4.69) is 34.8 Å². The number of nitrogens with one attached hydrogen (secondary N) is 3. The van der Waals surface area contributed by atoms with Gasteiger partial charge in [0.1, 0.15) is 0 Å². The molecule has 0 aromatic rings. The summed E-state index contributed by atoms with van der Waals surface area (Å²) in [6.45, 7) is 10.9. The van der Waals surface area contributed by atoms with Crippen LogP contribution in [0.1, 0.15) is 78.1 Å². The second kappa shape index (κ2) is 22.7. The van der Waals surface area contributed by atoms with E-state index in [0.717, 1.165) is 90.0 Å². The van der Waals surface area contributed by atoms with Gasteiger partial charge in [-0.2, -0.15) is 0 Å². The van der Waals surface area contributed by atoms with Crippen molar-refractivity contribution >= 4 is 12.1 Å². The topological polar surface area (TPSA) is 118 Å². The van der Waals surface area contributed by atoms with Gasteiger partial charge >= 0.3 is 0 Å². The van der Waals surface area contributed by atoms with Crippen molar-refractivity contribution in [3.8, 4) is 0 Å². The fourth-order valence-electron chi connectivity index (χ4n) is 3.03. The van der Waals surface area contributed by atoms with Gasteiger partial charge < -0.3 is 27.4 Å². The van der Waals surface area contributed by atoms with Gasteiger partial charge in [-0.05, 0) is 103 Å². The third-order valence-corrected chi connectivity index (χ3v) is 4.98. The Morgan fingerprint density at radius 3 is 2.20 bits per heavy atom. The van der Waals surface area contributed by atoms with E-state index >= 15 is 0 Å². The van der Waals surface area contributed by atoms with Crippen LogP contribution in [0.25, 0.3) is 0 Å². The van der Waals surface area contributed by atoms with Crippen molar-refractivity contribution in [2.24, 2.45) is 22.4 Å². The Balaban J connectivity index is 3.36. The highest BCUT2D eigenvalue weighted by molar-refractivity contribution is 5.81. The van der Waals surface area contributed by atoms with Crippen LogP contribution in [0.15, 0.2) is 4.99 Å². The molecular formula is C23H50N6O. The smallest absolute Gasteiger partial charge is 0.236 e. The van der Waals surface area contributed by atoms with Crippen molar-refractivity contribution in [1.82, 2.24) is 16.0 Å². The Morgan fingerprint density at radius 1 is 0.867 bits per heavy atom. The normalized spacial score (nSPS) is 12.7. The quantitative estimate of drug-likeness (QED) is 0.134. The minimum atomic E-state index is -0.379. The molecule has 0 unspecified atom stereocenters. The van der Waals surface area contributed by atoms with E-state index in [1.165, 1.54) is 12.8 Å². The summed E-state index contributed by atoms with van der Waals surface area (Å²) < 4.78 is 0. The van der Waals surface area contributed by atoms with Crippen molar-refractivity contribution in [3.05, 3.63) is 0 Å². The zero-order chi connectivity index (χ0) is 22.3. The van der Waals surface area contributed by atoms with Gasteiger partial charge in [0.2, 0.25) is 5.91 Å². The van der Waals surface area contributed by atoms with Gasteiger partial charge in [0, 0.05) is 13.1 Å². The summed E-state index contributed by atoms with van der Waals surface area (Å²) >= 11 is 0. The van der Waals surface area contributed by atoms with Crippen LogP contribution in [-0.2, 0) is 4.79 Å². The summed E-state index contributed by atoms with van der Waals surface area (Å²) in [5.74, 6) is 0.767. The van der Waals surface area contributed by atoms with Gasteiger partial charge in [0.25, 0.3) is 0 Å². The minimum Gasteiger partial charge on any atom is -0.355 e. The number of aliphatic imine (C=N–C) groups is 1. The molecule has 0 saturated heterocycles. The maximum atomic E-state index is 12.0. The van der Waals surface area contributed by atoms with Crippen LogP contribution in [0, 0.1) is 5.92 Å². The number of carbonyl (C=O) groups is 1. The first kappa shape index (κ1) is 29.0. The van der Waals surface area contributed by atoms with Crippen LogP contribution in [0.4, 0.5) is 0 Å². The van der Waals surface area contributed by atoms with Crippen molar-refractivity contribution in [2.75, 3.05) is 45.8 Å². The Bertz CT molecular complexity index is 403. The number of nitrogens with zero attached hydrogens (tertiary/aromatic N) is 1. The lowest BCUT2D eigenvalue weighted by Gasteiger charge is -2.12. The van der Waals surface area contributed by atoms with E-state index in [9.17, 15) is 4.79 Å². The fourth-order valence-corrected chi connectivity index (χ4v) is 3.03. The number of unbranched alkanes of at least 4 members (excludes halogenated alkanes) is 3. The molecule has 0 heterocycles. The largest absolute Gasteiger partial charge is 0.355 e. The molecule has 0 rings (SSSR count). The summed E-state index contributed by atoms with van der Waals surface area (Å²) in [6, 6.07) is -0.379. The van der Waals surface area contributed by atoms with Gasteiger partial charge in [-0.3, -0.25) is 9.79 Å². The second-order valence-electron chi connectivity index (χ2n) is 8.51. The molecule has 0 aliphatic heterocycles. The van der Waals surface area contributed by atoms with Crippen LogP contribution in [0.2, 0.25) is 0 Å². The third-order valence-electron chi connectivity index (χ3n) is 4.98. The van der Waals surface area contributed by atoms with Gasteiger partial charge in [-0.1, -0.05) is 20.3 Å².